The maximum absolute atomic E-state index is 12.2. The summed E-state index contributed by atoms with van der Waals surface area (Å²) in [4.78, 5) is 12.2. The number of benzene rings is 2. The summed E-state index contributed by atoms with van der Waals surface area (Å²) in [5.41, 5.74) is 1.50. The van der Waals surface area contributed by atoms with E-state index < -0.39 is 10.0 Å². The summed E-state index contributed by atoms with van der Waals surface area (Å²) in [5, 5.41) is 2.94. The number of ether oxygens (including phenoxy) is 1. The molecule has 1 N–H and O–H groups in total. The van der Waals surface area contributed by atoms with Gasteiger partial charge in [0.25, 0.3) is 0 Å². The van der Waals surface area contributed by atoms with Gasteiger partial charge in [0.1, 0.15) is 5.75 Å². The number of nitrogens with one attached hydrogen (secondary N) is 1. The number of methoxy groups -OCH3 is 1. The van der Waals surface area contributed by atoms with Gasteiger partial charge in [-0.05, 0) is 31.0 Å². The van der Waals surface area contributed by atoms with E-state index in [4.69, 9.17) is 4.74 Å². The lowest BCUT2D eigenvalue weighted by Gasteiger charge is -2.24. The van der Waals surface area contributed by atoms with E-state index in [-0.39, 0.29) is 24.9 Å². The molecule has 0 aliphatic heterocycles. The van der Waals surface area contributed by atoms with Crippen molar-refractivity contribution in [2.45, 2.75) is 25.8 Å². The molecule has 0 heterocycles. The van der Waals surface area contributed by atoms with Crippen LogP contribution in [0.4, 0.5) is 5.69 Å². The Balaban J connectivity index is 1.97. The van der Waals surface area contributed by atoms with Gasteiger partial charge in [0, 0.05) is 13.0 Å². The van der Waals surface area contributed by atoms with Crippen molar-refractivity contribution in [3.8, 4) is 5.75 Å². The number of hydrogen-bond donors (Lipinski definition) is 1. The number of amides is 1. The van der Waals surface area contributed by atoms with Crippen LogP contribution in [0.2, 0.25) is 0 Å². The lowest BCUT2D eigenvalue weighted by Crippen LogP contribution is -2.32. The molecule has 0 unspecified atom stereocenters. The minimum absolute atomic E-state index is 0.0982. The predicted molar refractivity (Wildman–Crippen MR) is 107 cm³/mol. The fourth-order valence-corrected chi connectivity index (χ4v) is 3.79. The third kappa shape index (κ3) is 5.99. The summed E-state index contributed by atoms with van der Waals surface area (Å²) in [7, 11) is -2.00. The lowest BCUT2D eigenvalue weighted by atomic mass is 10.1. The Bertz CT molecular complexity index is 853. The van der Waals surface area contributed by atoms with Crippen LogP contribution in [0.25, 0.3) is 0 Å². The zero-order valence-corrected chi connectivity index (χ0v) is 16.7. The molecule has 0 aromatic heterocycles. The Morgan fingerprint density at radius 3 is 2.37 bits per heavy atom. The number of rotatable bonds is 9. The molecule has 27 heavy (non-hydrogen) atoms. The van der Waals surface area contributed by atoms with Crippen molar-refractivity contribution in [3.05, 3.63) is 60.2 Å². The third-order valence-electron chi connectivity index (χ3n) is 4.20. The van der Waals surface area contributed by atoms with Gasteiger partial charge in [-0.2, -0.15) is 0 Å². The molecule has 7 heteroatoms. The number of hydrogen-bond acceptors (Lipinski definition) is 4. The molecule has 146 valence electrons. The third-order valence-corrected chi connectivity index (χ3v) is 5.38. The summed E-state index contributed by atoms with van der Waals surface area (Å²) >= 11 is 0. The van der Waals surface area contributed by atoms with Gasteiger partial charge in [-0.15, -0.1) is 0 Å². The first-order valence-electron chi connectivity index (χ1n) is 8.78. The molecule has 0 radical (unpaired) electrons. The van der Waals surface area contributed by atoms with Crippen LogP contribution in [-0.2, 0) is 14.8 Å². The van der Waals surface area contributed by atoms with Gasteiger partial charge in [0.05, 0.1) is 25.1 Å². The molecule has 2 aromatic carbocycles. The zero-order valence-electron chi connectivity index (χ0n) is 15.9. The van der Waals surface area contributed by atoms with E-state index in [1.165, 1.54) is 11.4 Å². The number of carbonyl (C=O) groups is 1. The van der Waals surface area contributed by atoms with E-state index >= 15 is 0 Å². The van der Waals surface area contributed by atoms with Gasteiger partial charge in [-0.25, -0.2) is 8.42 Å². The van der Waals surface area contributed by atoms with Crippen LogP contribution < -0.4 is 14.4 Å². The van der Waals surface area contributed by atoms with Crippen LogP contribution in [0, 0.1) is 0 Å². The molecule has 0 bridgehead atoms. The fraction of sp³-hybridized carbons (Fsp3) is 0.350. The van der Waals surface area contributed by atoms with Crippen LogP contribution in [-0.4, -0.2) is 34.2 Å². The van der Waals surface area contributed by atoms with Gasteiger partial charge in [0.2, 0.25) is 15.9 Å². The molecule has 2 rings (SSSR count). The molecule has 2 aromatic rings. The molecular weight excluding hydrogens is 364 g/mol. The van der Waals surface area contributed by atoms with Crippen molar-refractivity contribution >= 4 is 21.6 Å². The van der Waals surface area contributed by atoms with E-state index in [1.54, 1.807) is 24.3 Å². The first-order chi connectivity index (χ1) is 12.8. The van der Waals surface area contributed by atoms with Gasteiger partial charge >= 0.3 is 0 Å². The maximum atomic E-state index is 12.2. The highest BCUT2D eigenvalue weighted by atomic mass is 32.2. The fourth-order valence-electron chi connectivity index (χ4n) is 2.82. The minimum atomic E-state index is -3.49. The van der Waals surface area contributed by atoms with E-state index in [9.17, 15) is 13.2 Å². The molecule has 0 aliphatic carbocycles. The summed E-state index contributed by atoms with van der Waals surface area (Å²) in [6.45, 7) is 2.12. The van der Waals surface area contributed by atoms with Crippen molar-refractivity contribution in [2.75, 3.05) is 24.2 Å². The van der Waals surface area contributed by atoms with Crippen LogP contribution in [0.1, 0.15) is 31.4 Å². The Hall–Kier alpha value is -2.54. The molecule has 1 amide bonds. The quantitative estimate of drug-likeness (QED) is 0.714. The molecule has 6 nitrogen and oxygen atoms in total. The Labute approximate surface area is 161 Å². The number of para-hydroxylation sites is 2. The largest absolute Gasteiger partial charge is 0.495 e. The highest BCUT2D eigenvalue weighted by Gasteiger charge is 2.21. The normalized spacial score (nSPS) is 12.3. The SMILES string of the molecule is COc1ccccc1N(CCCC(=O)N[C@@H](C)c1ccccc1)S(C)(=O)=O. The molecule has 0 spiro atoms. The number of sulfonamides is 1. The van der Waals surface area contributed by atoms with Crippen LogP contribution >= 0.6 is 0 Å². The topological polar surface area (TPSA) is 75.7 Å². The summed E-state index contributed by atoms with van der Waals surface area (Å²) < 4.78 is 31.0. The van der Waals surface area contributed by atoms with Crippen molar-refractivity contribution in [2.24, 2.45) is 0 Å². The van der Waals surface area contributed by atoms with E-state index in [2.05, 4.69) is 5.32 Å². The van der Waals surface area contributed by atoms with E-state index in [1.807, 2.05) is 37.3 Å². The summed E-state index contributed by atoms with van der Waals surface area (Å²) in [6.07, 6.45) is 1.79. The van der Waals surface area contributed by atoms with Crippen molar-refractivity contribution in [1.29, 1.82) is 0 Å². The Kier molecular flexibility index (Phi) is 7.24. The zero-order chi connectivity index (χ0) is 19.9. The van der Waals surface area contributed by atoms with Crippen molar-refractivity contribution in [3.63, 3.8) is 0 Å². The second-order valence-electron chi connectivity index (χ2n) is 6.31. The van der Waals surface area contributed by atoms with Crippen LogP contribution in [0.15, 0.2) is 54.6 Å². The van der Waals surface area contributed by atoms with Gasteiger partial charge in [-0.1, -0.05) is 42.5 Å². The number of carbonyl (C=O) groups excluding carboxylic acids is 1. The van der Waals surface area contributed by atoms with E-state index in [0.717, 1.165) is 11.8 Å². The average Bonchev–Trinajstić information content (AvgIpc) is 2.65. The average molecular weight is 391 g/mol. The van der Waals surface area contributed by atoms with Gasteiger partial charge < -0.3 is 10.1 Å². The molecule has 0 fully saturated rings. The molecule has 0 saturated heterocycles. The summed E-state index contributed by atoms with van der Waals surface area (Å²) in [6, 6.07) is 16.5. The Morgan fingerprint density at radius 2 is 1.74 bits per heavy atom. The van der Waals surface area contributed by atoms with Crippen LogP contribution in [0.3, 0.4) is 0 Å². The molecule has 0 aliphatic rings. The van der Waals surface area contributed by atoms with Gasteiger partial charge in [-0.3, -0.25) is 9.10 Å². The standard InChI is InChI=1S/C20H26N2O4S/c1-16(17-10-5-4-6-11-17)21-20(23)14-9-15-22(27(3,24)25)18-12-7-8-13-19(18)26-2/h4-8,10-13,16H,9,14-15H2,1-3H3,(H,21,23)/t16-/m0/s1. The second kappa shape index (κ2) is 9.41. The number of anilines is 1. The van der Waals surface area contributed by atoms with Crippen molar-refractivity contribution < 1.29 is 17.9 Å². The minimum Gasteiger partial charge on any atom is -0.495 e. The molecular formula is C20H26N2O4S. The molecule has 1 atom stereocenters. The predicted octanol–water partition coefficient (Wildman–Crippen LogP) is 3.12. The monoisotopic (exact) mass is 390 g/mol. The smallest absolute Gasteiger partial charge is 0.232 e. The first-order valence-corrected chi connectivity index (χ1v) is 10.6. The van der Waals surface area contributed by atoms with E-state index in [0.29, 0.717) is 17.9 Å². The number of nitrogens with zero attached hydrogens (tertiary/aromatic N) is 1. The summed E-state index contributed by atoms with van der Waals surface area (Å²) in [5.74, 6) is 0.366. The maximum Gasteiger partial charge on any atom is 0.232 e. The molecule has 0 saturated carbocycles. The highest BCUT2D eigenvalue weighted by Crippen LogP contribution is 2.29. The van der Waals surface area contributed by atoms with Crippen molar-refractivity contribution in [1.82, 2.24) is 5.32 Å². The highest BCUT2D eigenvalue weighted by molar-refractivity contribution is 7.92. The lowest BCUT2D eigenvalue weighted by molar-refractivity contribution is -0.121. The van der Waals surface area contributed by atoms with Crippen LogP contribution in [0.5, 0.6) is 5.75 Å². The second-order valence-corrected chi connectivity index (χ2v) is 8.22. The Morgan fingerprint density at radius 1 is 1.11 bits per heavy atom. The first kappa shape index (κ1) is 20.8. The van der Waals surface area contributed by atoms with Gasteiger partial charge in [0.15, 0.2) is 0 Å².